The molecular weight excluding hydrogens is 290 g/mol. The van der Waals surface area contributed by atoms with Crippen LogP contribution in [0, 0.1) is 0 Å². The Morgan fingerprint density at radius 2 is 2.06 bits per heavy atom. The molecule has 18 heavy (non-hydrogen) atoms. The molecule has 0 bridgehead atoms. The summed E-state index contributed by atoms with van der Waals surface area (Å²) in [5.41, 5.74) is 9.73. The van der Waals surface area contributed by atoms with Gasteiger partial charge in [-0.3, -0.25) is 4.98 Å². The number of anilines is 1. The molecule has 0 fully saturated rings. The van der Waals surface area contributed by atoms with Crippen LogP contribution in [0.5, 0.6) is 0 Å². The number of hydrogen-bond donors (Lipinski definition) is 1. The fourth-order valence-corrected chi connectivity index (χ4v) is 2.52. The zero-order valence-electron chi connectivity index (χ0n) is 9.89. The van der Waals surface area contributed by atoms with E-state index < -0.39 is 0 Å². The zero-order chi connectivity index (χ0) is 12.7. The normalized spacial score (nSPS) is 11.0. The van der Waals surface area contributed by atoms with E-state index in [4.69, 9.17) is 5.73 Å². The fraction of sp³-hybridized carbons (Fsp3) is 0.0714. The highest BCUT2D eigenvalue weighted by Gasteiger charge is 2.10. The summed E-state index contributed by atoms with van der Waals surface area (Å²) in [5, 5.41) is 1.17. The maximum absolute atomic E-state index is 5.82. The molecule has 1 aromatic carbocycles. The monoisotopic (exact) mass is 301 g/mol. The second-order valence-electron chi connectivity index (χ2n) is 4.29. The molecule has 0 saturated heterocycles. The van der Waals surface area contributed by atoms with Crippen molar-refractivity contribution in [2.45, 2.75) is 0 Å². The lowest BCUT2D eigenvalue weighted by Gasteiger charge is -2.00. The quantitative estimate of drug-likeness (QED) is 0.746. The van der Waals surface area contributed by atoms with Gasteiger partial charge in [0.2, 0.25) is 0 Å². The number of aromatic nitrogens is 2. The molecule has 3 aromatic rings. The van der Waals surface area contributed by atoms with Crippen LogP contribution in [-0.2, 0) is 7.05 Å². The molecule has 2 heterocycles. The molecule has 0 aliphatic heterocycles. The predicted molar refractivity (Wildman–Crippen MR) is 78.3 cm³/mol. The topological polar surface area (TPSA) is 43.8 Å². The van der Waals surface area contributed by atoms with Crippen molar-refractivity contribution in [2.75, 3.05) is 5.73 Å². The van der Waals surface area contributed by atoms with Crippen molar-refractivity contribution in [1.29, 1.82) is 0 Å². The van der Waals surface area contributed by atoms with Gasteiger partial charge in [-0.15, -0.1) is 0 Å². The number of fused-ring (bicyclic) bond motifs is 1. The van der Waals surface area contributed by atoms with Gasteiger partial charge in [0, 0.05) is 46.1 Å². The van der Waals surface area contributed by atoms with E-state index in [1.165, 1.54) is 10.9 Å². The first-order valence-corrected chi connectivity index (χ1v) is 6.41. The van der Waals surface area contributed by atoms with Crippen molar-refractivity contribution >= 4 is 32.5 Å². The van der Waals surface area contributed by atoms with Crippen molar-refractivity contribution in [1.82, 2.24) is 9.55 Å². The number of benzene rings is 1. The Morgan fingerprint density at radius 1 is 1.22 bits per heavy atom. The molecule has 0 aliphatic rings. The molecule has 90 valence electrons. The molecule has 0 spiro atoms. The smallest absolute Gasteiger partial charge is 0.0743 e. The first-order valence-electron chi connectivity index (χ1n) is 5.61. The summed E-state index contributed by atoms with van der Waals surface area (Å²) >= 11 is 3.51. The van der Waals surface area contributed by atoms with Crippen LogP contribution < -0.4 is 5.73 Å². The third-order valence-electron chi connectivity index (χ3n) is 3.01. The third-order valence-corrected chi connectivity index (χ3v) is 3.50. The number of nitrogens with zero attached hydrogens (tertiary/aromatic N) is 2. The molecule has 0 saturated carbocycles. The minimum absolute atomic E-state index is 0.729. The lowest BCUT2D eigenvalue weighted by molar-refractivity contribution is 0.969. The molecule has 0 aliphatic carbocycles. The highest BCUT2D eigenvalue weighted by molar-refractivity contribution is 9.10. The van der Waals surface area contributed by atoms with Crippen LogP contribution in [0.1, 0.15) is 0 Å². The molecule has 4 heteroatoms. The van der Waals surface area contributed by atoms with E-state index in [9.17, 15) is 0 Å². The number of hydrogen-bond acceptors (Lipinski definition) is 2. The van der Waals surface area contributed by atoms with Crippen LogP contribution in [0.25, 0.3) is 22.2 Å². The first-order chi connectivity index (χ1) is 8.65. The highest BCUT2D eigenvalue weighted by atomic mass is 79.9. The minimum Gasteiger partial charge on any atom is -0.399 e. The fourth-order valence-electron chi connectivity index (χ4n) is 2.16. The van der Waals surface area contributed by atoms with E-state index in [1.807, 2.05) is 19.2 Å². The zero-order valence-corrected chi connectivity index (χ0v) is 11.5. The lowest BCUT2D eigenvalue weighted by atomic mass is 10.1. The van der Waals surface area contributed by atoms with E-state index in [1.54, 1.807) is 12.3 Å². The Morgan fingerprint density at radius 3 is 2.83 bits per heavy atom. The first kappa shape index (κ1) is 11.3. The Labute approximate surface area is 113 Å². The summed E-state index contributed by atoms with van der Waals surface area (Å²) in [7, 11) is 2.03. The van der Waals surface area contributed by atoms with Crippen LogP contribution >= 0.6 is 15.9 Å². The van der Waals surface area contributed by atoms with Crippen molar-refractivity contribution < 1.29 is 0 Å². The average Bonchev–Trinajstić information content (AvgIpc) is 2.66. The molecule has 2 N–H and O–H groups in total. The summed E-state index contributed by atoms with van der Waals surface area (Å²) in [5.74, 6) is 0. The molecule has 3 rings (SSSR count). The molecule has 2 aromatic heterocycles. The lowest BCUT2D eigenvalue weighted by Crippen LogP contribution is -1.87. The van der Waals surface area contributed by atoms with Gasteiger partial charge >= 0.3 is 0 Å². The Hall–Kier alpha value is -1.81. The number of rotatable bonds is 1. The largest absolute Gasteiger partial charge is 0.399 e. The number of halogens is 1. The van der Waals surface area contributed by atoms with Crippen LogP contribution in [-0.4, -0.2) is 9.55 Å². The minimum atomic E-state index is 0.729. The molecular formula is C14H12BrN3. The molecule has 0 atom stereocenters. The summed E-state index contributed by atoms with van der Waals surface area (Å²) in [6.07, 6.45) is 3.82. The van der Waals surface area contributed by atoms with Gasteiger partial charge in [0.25, 0.3) is 0 Å². The Kier molecular flexibility index (Phi) is 2.59. The van der Waals surface area contributed by atoms with Crippen LogP contribution in [0.4, 0.5) is 5.69 Å². The van der Waals surface area contributed by atoms with Crippen molar-refractivity contribution in [3.05, 3.63) is 47.2 Å². The summed E-state index contributed by atoms with van der Waals surface area (Å²) < 4.78 is 3.16. The third kappa shape index (κ3) is 1.78. The van der Waals surface area contributed by atoms with Crippen molar-refractivity contribution in [3.8, 4) is 11.3 Å². The van der Waals surface area contributed by atoms with Crippen LogP contribution in [0.15, 0.2) is 47.2 Å². The predicted octanol–water partition coefficient (Wildman–Crippen LogP) is 3.59. The van der Waals surface area contributed by atoms with Crippen molar-refractivity contribution in [3.63, 3.8) is 0 Å². The van der Waals surface area contributed by atoms with E-state index in [0.29, 0.717) is 0 Å². The summed E-state index contributed by atoms with van der Waals surface area (Å²) in [6, 6.07) is 9.93. The molecule has 3 nitrogen and oxygen atoms in total. The second-order valence-corrected chi connectivity index (χ2v) is 5.21. The van der Waals surface area contributed by atoms with E-state index in [2.05, 4.69) is 43.8 Å². The van der Waals surface area contributed by atoms with Gasteiger partial charge in [-0.2, -0.15) is 0 Å². The van der Waals surface area contributed by atoms with Gasteiger partial charge in [-0.05, 0) is 30.3 Å². The number of aryl methyl sites for hydroxylation is 1. The van der Waals surface area contributed by atoms with Gasteiger partial charge in [0.1, 0.15) is 0 Å². The molecule has 0 unspecified atom stereocenters. The summed E-state index contributed by atoms with van der Waals surface area (Å²) in [6.45, 7) is 0. The standard InChI is InChI=1S/C14H12BrN3/c1-18-8-12(13-7-10(16)4-5-17-13)11-6-9(15)2-3-14(11)18/h2-8H,1H3,(H2,16,17). The number of pyridine rings is 1. The summed E-state index contributed by atoms with van der Waals surface area (Å²) in [4.78, 5) is 4.39. The average molecular weight is 302 g/mol. The van der Waals surface area contributed by atoms with E-state index in [0.717, 1.165) is 21.4 Å². The molecule has 0 radical (unpaired) electrons. The van der Waals surface area contributed by atoms with E-state index >= 15 is 0 Å². The van der Waals surface area contributed by atoms with Gasteiger partial charge in [0.15, 0.2) is 0 Å². The maximum atomic E-state index is 5.82. The van der Waals surface area contributed by atoms with Gasteiger partial charge in [-0.1, -0.05) is 15.9 Å². The van der Waals surface area contributed by atoms with Gasteiger partial charge in [-0.25, -0.2) is 0 Å². The van der Waals surface area contributed by atoms with Gasteiger partial charge < -0.3 is 10.3 Å². The maximum Gasteiger partial charge on any atom is 0.0743 e. The van der Waals surface area contributed by atoms with Crippen LogP contribution in [0.2, 0.25) is 0 Å². The SMILES string of the molecule is Cn1cc(-c2cc(N)ccn2)c2cc(Br)ccc21. The van der Waals surface area contributed by atoms with E-state index in [-0.39, 0.29) is 0 Å². The second kappa shape index (κ2) is 4.14. The number of nitrogens with two attached hydrogens (primary N) is 1. The Balaban J connectivity index is 2.32. The number of nitrogen functional groups attached to an aromatic ring is 1. The van der Waals surface area contributed by atoms with Crippen molar-refractivity contribution in [2.24, 2.45) is 7.05 Å². The van der Waals surface area contributed by atoms with Crippen LogP contribution in [0.3, 0.4) is 0 Å². The Bertz CT molecular complexity index is 731. The van der Waals surface area contributed by atoms with Gasteiger partial charge in [0.05, 0.1) is 5.69 Å². The molecule has 0 amide bonds. The highest BCUT2D eigenvalue weighted by Crippen LogP contribution is 2.31.